The Balaban J connectivity index is 2.09. The third kappa shape index (κ3) is 3.78. The molecule has 1 unspecified atom stereocenters. The molecule has 1 aliphatic rings. The Hall–Kier alpha value is -1.95. The summed E-state index contributed by atoms with van der Waals surface area (Å²) in [5.74, 6) is 0.475. The number of amides is 1. The van der Waals surface area contributed by atoms with Gasteiger partial charge in [0.1, 0.15) is 5.75 Å². The van der Waals surface area contributed by atoms with Crippen molar-refractivity contribution in [3.63, 3.8) is 0 Å². The van der Waals surface area contributed by atoms with Crippen LogP contribution in [0, 0.1) is 0 Å². The molecule has 1 amide bonds. The van der Waals surface area contributed by atoms with Gasteiger partial charge in [0.05, 0.1) is 17.1 Å². The molecule has 21 heavy (non-hydrogen) atoms. The van der Waals surface area contributed by atoms with E-state index in [2.05, 4.69) is 36.3 Å². The zero-order chi connectivity index (χ0) is 15.4. The minimum atomic E-state index is -0.144. The van der Waals surface area contributed by atoms with Gasteiger partial charge < -0.3 is 26.0 Å². The number of carbonyl (C=O) groups is 1. The number of rotatable bonds is 6. The molecule has 116 valence electrons. The van der Waals surface area contributed by atoms with E-state index in [0.29, 0.717) is 17.1 Å². The molecule has 0 aromatic heterocycles. The van der Waals surface area contributed by atoms with Crippen LogP contribution in [-0.2, 0) is 4.79 Å². The zero-order valence-electron chi connectivity index (χ0n) is 12.9. The minimum absolute atomic E-state index is 0.0393. The normalized spacial score (nSPS) is 15.1. The molecule has 1 atom stereocenters. The molecule has 0 bridgehead atoms. The van der Waals surface area contributed by atoms with Gasteiger partial charge in [-0.1, -0.05) is 13.8 Å². The second kappa shape index (κ2) is 6.67. The molecule has 4 N–H and O–H groups in total. The van der Waals surface area contributed by atoms with E-state index in [1.54, 1.807) is 6.07 Å². The van der Waals surface area contributed by atoms with Gasteiger partial charge >= 0.3 is 0 Å². The van der Waals surface area contributed by atoms with Crippen LogP contribution < -0.4 is 21.1 Å². The number of carbonyl (C=O) groups excluding carboxylic acids is 1. The van der Waals surface area contributed by atoms with E-state index >= 15 is 0 Å². The van der Waals surface area contributed by atoms with Crippen molar-refractivity contribution in [3.05, 3.63) is 12.1 Å². The summed E-state index contributed by atoms with van der Waals surface area (Å²) >= 11 is 0. The van der Waals surface area contributed by atoms with Gasteiger partial charge in [-0.2, -0.15) is 0 Å². The maximum atomic E-state index is 11.4. The molecule has 1 aromatic rings. The fourth-order valence-corrected chi connectivity index (χ4v) is 2.45. The third-order valence-electron chi connectivity index (χ3n) is 3.61. The van der Waals surface area contributed by atoms with Crippen molar-refractivity contribution in [1.82, 2.24) is 4.90 Å². The Bertz CT molecular complexity index is 515. The largest absolute Gasteiger partial charge is 0.482 e. The van der Waals surface area contributed by atoms with Crippen LogP contribution in [-0.4, -0.2) is 43.1 Å². The summed E-state index contributed by atoms with van der Waals surface area (Å²) in [7, 11) is 0. The van der Waals surface area contributed by atoms with E-state index in [4.69, 9.17) is 10.5 Å². The van der Waals surface area contributed by atoms with Gasteiger partial charge in [0.2, 0.25) is 0 Å². The molecular formula is C15H24N4O2. The highest BCUT2D eigenvalue weighted by molar-refractivity contribution is 5.97. The van der Waals surface area contributed by atoms with Gasteiger partial charge in [-0.25, -0.2) is 0 Å². The van der Waals surface area contributed by atoms with Crippen LogP contribution in [0.2, 0.25) is 0 Å². The second-order valence-electron chi connectivity index (χ2n) is 5.30. The maximum absolute atomic E-state index is 11.4. The van der Waals surface area contributed by atoms with Crippen LogP contribution in [0.4, 0.5) is 17.1 Å². The quantitative estimate of drug-likeness (QED) is 0.696. The second-order valence-corrected chi connectivity index (χ2v) is 5.30. The highest BCUT2D eigenvalue weighted by Gasteiger charge is 2.18. The predicted molar refractivity (Wildman–Crippen MR) is 85.9 cm³/mol. The van der Waals surface area contributed by atoms with Crippen molar-refractivity contribution < 1.29 is 9.53 Å². The number of hydrogen-bond donors (Lipinski definition) is 3. The van der Waals surface area contributed by atoms with Crippen LogP contribution in [0.5, 0.6) is 5.75 Å². The summed E-state index contributed by atoms with van der Waals surface area (Å²) < 4.78 is 5.35. The molecule has 0 saturated carbocycles. The molecule has 0 spiro atoms. The number of nitrogen functional groups attached to an aromatic ring is 1. The number of nitrogens with zero attached hydrogens (tertiary/aromatic N) is 1. The van der Waals surface area contributed by atoms with Gasteiger partial charge in [-0.15, -0.1) is 0 Å². The standard InChI is InChI=1S/C15H24N4O2/c1-4-19(5-2)8-10(3)17-12-7-13-14(6-11(12)16)21-9-15(20)18-13/h6-7,10,17H,4-5,8-9,16H2,1-3H3,(H,18,20). The molecule has 1 aromatic carbocycles. The highest BCUT2D eigenvalue weighted by Crippen LogP contribution is 2.35. The lowest BCUT2D eigenvalue weighted by molar-refractivity contribution is -0.118. The number of ether oxygens (including phenoxy) is 1. The molecule has 6 nitrogen and oxygen atoms in total. The first kappa shape index (κ1) is 15.4. The summed E-state index contributed by atoms with van der Waals surface area (Å²) in [5, 5.41) is 6.19. The molecular weight excluding hydrogens is 268 g/mol. The van der Waals surface area contributed by atoms with Crippen LogP contribution in [0.3, 0.4) is 0 Å². The van der Waals surface area contributed by atoms with Gasteiger partial charge in [-0.05, 0) is 26.1 Å². The van der Waals surface area contributed by atoms with E-state index in [9.17, 15) is 4.79 Å². The molecule has 0 aliphatic carbocycles. The minimum Gasteiger partial charge on any atom is -0.482 e. The number of nitrogens with one attached hydrogen (secondary N) is 2. The lowest BCUT2D eigenvalue weighted by atomic mass is 10.2. The van der Waals surface area contributed by atoms with Crippen molar-refractivity contribution in [2.24, 2.45) is 0 Å². The fraction of sp³-hybridized carbons (Fsp3) is 0.533. The number of benzene rings is 1. The number of hydrogen-bond acceptors (Lipinski definition) is 5. The average molecular weight is 292 g/mol. The Morgan fingerprint density at radius 1 is 1.43 bits per heavy atom. The Kier molecular flexibility index (Phi) is 4.90. The van der Waals surface area contributed by atoms with E-state index in [-0.39, 0.29) is 18.6 Å². The Morgan fingerprint density at radius 3 is 2.81 bits per heavy atom. The average Bonchev–Trinajstić information content (AvgIpc) is 2.46. The first-order valence-corrected chi connectivity index (χ1v) is 7.38. The van der Waals surface area contributed by atoms with Crippen LogP contribution >= 0.6 is 0 Å². The van der Waals surface area contributed by atoms with Crippen molar-refractivity contribution in [3.8, 4) is 5.75 Å². The summed E-state index contributed by atoms with van der Waals surface area (Å²) in [6.07, 6.45) is 0. The fourth-order valence-electron chi connectivity index (χ4n) is 2.45. The van der Waals surface area contributed by atoms with Crippen molar-refractivity contribution in [2.45, 2.75) is 26.8 Å². The van der Waals surface area contributed by atoms with Crippen LogP contribution in [0.1, 0.15) is 20.8 Å². The smallest absolute Gasteiger partial charge is 0.262 e. The number of nitrogens with two attached hydrogens (primary N) is 1. The van der Waals surface area contributed by atoms with Gasteiger partial charge in [0, 0.05) is 18.7 Å². The zero-order valence-corrected chi connectivity index (χ0v) is 12.9. The lowest BCUT2D eigenvalue weighted by Gasteiger charge is -2.26. The molecule has 6 heteroatoms. The van der Waals surface area contributed by atoms with E-state index < -0.39 is 0 Å². The van der Waals surface area contributed by atoms with Crippen molar-refractivity contribution >= 4 is 23.0 Å². The molecule has 2 rings (SSSR count). The number of likely N-dealkylation sites (N-methyl/N-ethyl adjacent to an activating group) is 1. The first-order valence-electron chi connectivity index (χ1n) is 7.38. The molecule has 1 aliphatic heterocycles. The summed E-state index contributed by atoms with van der Waals surface area (Å²) in [5.41, 5.74) is 8.16. The monoisotopic (exact) mass is 292 g/mol. The van der Waals surface area contributed by atoms with Crippen LogP contribution in [0.25, 0.3) is 0 Å². The van der Waals surface area contributed by atoms with Crippen molar-refractivity contribution in [2.75, 3.05) is 42.6 Å². The topological polar surface area (TPSA) is 79.6 Å². The summed E-state index contributed by atoms with van der Waals surface area (Å²) in [6.45, 7) is 9.43. The third-order valence-corrected chi connectivity index (χ3v) is 3.61. The summed E-state index contributed by atoms with van der Waals surface area (Å²) in [6, 6.07) is 3.84. The van der Waals surface area contributed by atoms with Gasteiger partial charge in [-0.3, -0.25) is 4.79 Å². The summed E-state index contributed by atoms with van der Waals surface area (Å²) in [4.78, 5) is 13.7. The SMILES string of the molecule is CCN(CC)CC(C)Nc1cc2c(cc1N)OCC(=O)N2. The van der Waals surface area contributed by atoms with Crippen LogP contribution in [0.15, 0.2) is 12.1 Å². The highest BCUT2D eigenvalue weighted by atomic mass is 16.5. The molecule has 0 radical (unpaired) electrons. The van der Waals surface area contributed by atoms with Crippen molar-refractivity contribution in [1.29, 1.82) is 0 Å². The van der Waals surface area contributed by atoms with Gasteiger partial charge in [0.25, 0.3) is 5.91 Å². The van der Waals surface area contributed by atoms with E-state index in [1.807, 2.05) is 6.07 Å². The van der Waals surface area contributed by atoms with E-state index in [1.165, 1.54) is 0 Å². The predicted octanol–water partition coefficient (Wildman–Crippen LogP) is 1.74. The lowest BCUT2D eigenvalue weighted by Crippen LogP contribution is -2.35. The van der Waals surface area contributed by atoms with E-state index in [0.717, 1.165) is 25.3 Å². The number of fused-ring (bicyclic) bond motifs is 1. The first-order chi connectivity index (χ1) is 10.0. The molecule has 0 fully saturated rings. The van der Waals surface area contributed by atoms with Gasteiger partial charge in [0.15, 0.2) is 6.61 Å². The Labute approximate surface area is 125 Å². The maximum Gasteiger partial charge on any atom is 0.262 e. The molecule has 1 heterocycles. The number of anilines is 3. The Morgan fingerprint density at radius 2 is 2.14 bits per heavy atom. The molecule has 0 saturated heterocycles.